The number of nitrogens with one attached hydrogen (secondary N) is 1. The average Bonchev–Trinajstić information content (AvgIpc) is 2.54. The van der Waals surface area contributed by atoms with E-state index in [1.807, 2.05) is 13.1 Å². The summed E-state index contributed by atoms with van der Waals surface area (Å²) in [5.41, 5.74) is 0.995. The summed E-state index contributed by atoms with van der Waals surface area (Å²) in [5, 5.41) is 5.70. The van der Waals surface area contributed by atoms with Gasteiger partial charge in [-0.25, -0.2) is 4.98 Å². The maximum absolute atomic E-state index is 4.43. The van der Waals surface area contributed by atoms with Crippen molar-refractivity contribution in [3.63, 3.8) is 0 Å². The van der Waals surface area contributed by atoms with Gasteiger partial charge in [0.2, 0.25) is 0 Å². The van der Waals surface area contributed by atoms with Crippen LogP contribution < -0.4 is 5.32 Å². The van der Waals surface area contributed by atoms with E-state index >= 15 is 0 Å². The molecule has 0 atom stereocenters. The molecule has 1 heterocycles. The first kappa shape index (κ1) is 13.9. The summed E-state index contributed by atoms with van der Waals surface area (Å²) >= 11 is 1.78. The lowest BCUT2D eigenvalue weighted by Crippen LogP contribution is -2.00. The molecule has 0 amide bonds. The van der Waals surface area contributed by atoms with E-state index in [4.69, 9.17) is 0 Å². The molecule has 106 valence electrons. The van der Waals surface area contributed by atoms with E-state index in [0.29, 0.717) is 0 Å². The van der Waals surface area contributed by atoms with Gasteiger partial charge in [0.05, 0.1) is 18.1 Å². The Morgan fingerprint density at radius 1 is 1.00 bits per heavy atom. The third kappa shape index (κ3) is 3.52. The molecule has 21 heavy (non-hydrogen) atoms. The second-order valence-corrected chi connectivity index (χ2v) is 5.77. The van der Waals surface area contributed by atoms with Crippen LogP contribution >= 0.6 is 11.8 Å². The summed E-state index contributed by atoms with van der Waals surface area (Å²) in [7, 11) is 0. The molecule has 0 radical (unpaired) electrons. The molecule has 0 saturated heterocycles. The Morgan fingerprint density at radius 3 is 2.62 bits per heavy atom. The van der Waals surface area contributed by atoms with Gasteiger partial charge < -0.3 is 5.32 Å². The SMILES string of the molecule is CCNc1cnc(CSc2ccc3ccccc3c2)cn1. The molecule has 1 N–H and O–H groups in total. The van der Waals surface area contributed by atoms with Crippen molar-refractivity contribution in [2.75, 3.05) is 11.9 Å². The van der Waals surface area contributed by atoms with Gasteiger partial charge in [-0.3, -0.25) is 4.98 Å². The van der Waals surface area contributed by atoms with E-state index < -0.39 is 0 Å². The maximum atomic E-state index is 4.43. The highest BCUT2D eigenvalue weighted by Gasteiger charge is 2.01. The fourth-order valence-electron chi connectivity index (χ4n) is 2.12. The van der Waals surface area contributed by atoms with Gasteiger partial charge in [0, 0.05) is 17.2 Å². The van der Waals surface area contributed by atoms with Crippen molar-refractivity contribution in [3.05, 3.63) is 60.6 Å². The molecule has 0 bridgehead atoms. The molecule has 0 fully saturated rings. The topological polar surface area (TPSA) is 37.8 Å². The number of thioether (sulfide) groups is 1. The molecule has 0 aliphatic carbocycles. The van der Waals surface area contributed by atoms with E-state index in [1.165, 1.54) is 15.7 Å². The first-order chi connectivity index (χ1) is 10.3. The Kier molecular flexibility index (Phi) is 4.36. The highest BCUT2D eigenvalue weighted by Crippen LogP contribution is 2.25. The largest absolute Gasteiger partial charge is 0.369 e. The molecule has 3 aromatic rings. The third-order valence-electron chi connectivity index (χ3n) is 3.17. The lowest BCUT2D eigenvalue weighted by atomic mass is 10.1. The summed E-state index contributed by atoms with van der Waals surface area (Å²) in [6.45, 7) is 2.91. The zero-order valence-corrected chi connectivity index (χ0v) is 12.7. The van der Waals surface area contributed by atoms with E-state index in [1.54, 1.807) is 18.0 Å². The van der Waals surface area contributed by atoms with Crippen LogP contribution in [-0.2, 0) is 5.75 Å². The van der Waals surface area contributed by atoms with Gasteiger partial charge in [-0.2, -0.15) is 0 Å². The van der Waals surface area contributed by atoms with Crippen LogP contribution in [0, 0.1) is 0 Å². The maximum Gasteiger partial charge on any atom is 0.144 e. The summed E-state index contributed by atoms with van der Waals surface area (Å²) in [6, 6.07) is 15.0. The number of hydrogen-bond acceptors (Lipinski definition) is 4. The van der Waals surface area contributed by atoms with Crippen molar-refractivity contribution < 1.29 is 0 Å². The van der Waals surface area contributed by atoms with Crippen LogP contribution in [0.2, 0.25) is 0 Å². The number of anilines is 1. The van der Waals surface area contributed by atoms with Crippen molar-refractivity contribution in [1.29, 1.82) is 0 Å². The number of hydrogen-bond donors (Lipinski definition) is 1. The second kappa shape index (κ2) is 6.59. The van der Waals surface area contributed by atoms with Crippen molar-refractivity contribution in [2.45, 2.75) is 17.6 Å². The highest BCUT2D eigenvalue weighted by atomic mass is 32.2. The van der Waals surface area contributed by atoms with Crippen LogP contribution in [0.5, 0.6) is 0 Å². The van der Waals surface area contributed by atoms with Crippen LogP contribution in [0.3, 0.4) is 0 Å². The van der Waals surface area contributed by atoms with Crippen LogP contribution in [0.1, 0.15) is 12.6 Å². The molecule has 4 heteroatoms. The molecular weight excluding hydrogens is 278 g/mol. The summed E-state index contributed by atoms with van der Waals surface area (Å²) in [6.07, 6.45) is 3.63. The van der Waals surface area contributed by atoms with Gasteiger partial charge in [0.1, 0.15) is 5.82 Å². The number of rotatable bonds is 5. The minimum atomic E-state index is 0.831. The number of aromatic nitrogens is 2. The standard InChI is InChI=1S/C17H17N3S/c1-2-18-17-11-19-15(10-20-17)12-21-16-8-7-13-5-3-4-6-14(13)9-16/h3-11H,2,12H2,1H3,(H,18,20). The lowest BCUT2D eigenvalue weighted by molar-refractivity contribution is 1.07. The summed E-state index contributed by atoms with van der Waals surface area (Å²) < 4.78 is 0. The molecule has 3 nitrogen and oxygen atoms in total. The first-order valence-corrected chi connectivity index (χ1v) is 8.00. The Labute approximate surface area is 128 Å². The summed E-state index contributed by atoms with van der Waals surface area (Å²) in [5.74, 6) is 1.66. The molecule has 1 aromatic heterocycles. The van der Waals surface area contributed by atoms with Gasteiger partial charge in [-0.05, 0) is 29.8 Å². The van der Waals surface area contributed by atoms with Gasteiger partial charge in [-0.1, -0.05) is 30.3 Å². The molecule has 0 unspecified atom stereocenters. The monoisotopic (exact) mass is 295 g/mol. The zero-order chi connectivity index (χ0) is 14.5. The van der Waals surface area contributed by atoms with Gasteiger partial charge in [0.25, 0.3) is 0 Å². The smallest absolute Gasteiger partial charge is 0.144 e. The molecule has 0 spiro atoms. The lowest BCUT2D eigenvalue weighted by Gasteiger charge is -2.05. The number of fused-ring (bicyclic) bond motifs is 1. The Hall–Kier alpha value is -2.07. The Morgan fingerprint density at radius 2 is 1.86 bits per heavy atom. The zero-order valence-electron chi connectivity index (χ0n) is 11.9. The number of benzene rings is 2. The van der Waals surface area contributed by atoms with Gasteiger partial charge >= 0.3 is 0 Å². The predicted molar refractivity (Wildman–Crippen MR) is 89.7 cm³/mol. The molecule has 0 saturated carbocycles. The van der Waals surface area contributed by atoms with Crippen LogP contribution in [0.25, 0.3) is 10.8 Å². The Balaban J connectivity index is 1.68. The number of nitrogens with zero attached hydrogens (tertiary/aromatic N) is 2. The molecule has 2 aromatic carbocycles. The Bertz CT molecular complexity index is 725. The van der Waals surface area contributed by atoms with Crippen LogP contribution in [-0.4, -0.2) is 16.5 Å². The van der Waals surface area contributed by atoms with Gasteiger partial charge in [0.15, 0.2) is 0 Å². The molecule has 0 aliphatic rings. The van der Waals surface area contributed by atoms with Gasteiger partial charge in [-0.15, -0.1) is 11.8 Å². The van der Waals surface area contributed by atoms with Crippen molar-refractivity contribution in [3.8, 4) is 0 Å². The fraction of sp³-hybridized carbons (Fsp3) is 0.176. The van der Waals surface area contributed by atoms with Crippen molar-refractivity contribution in [1.82, 2.24) is 9.97 Å². The van der Waals surface area contributed by atoms with Crippen molar-refractivity contribution in [2.24, 2.45) is 0 Å². The summed E-state index contributed by atoms with van der Waals surface area (Å²) in [4.78, 5) is 10.0. The van der Waals surface area contributed by atoms with E-state index in [-0.39, 0.29) is 0 Å². The van der Waals surface area contributed by atoms with E-state index in [9.17, 15) is 0 Å². The predicted octanol–water partition coefficient (Wildman–Crippen LogP) is 4.35. The first-order valence-electron chi connectivity index (χ1n) is 7.01. The quantitative estimate of drug-likeness (QED) is 0.710. The van der Waals surface area contributed by atoms with Crippen LogP contribution in [0.4, 0.5) is 5.82 Å². The fourth-order valence-corrected chi connectivity index (χ4v) is 2.95. The average molecular weight is 295 g/mol. The molecular formula is C17H17N3S. The van der Waals surface area contributed by atoms with Crippen LogP contribution in [0.15, 0.2) is 59.8 Å². The molecule has 0 aliphatic heterocycles. The minimum absolute atomic E-state index is 0.831. The van der Waals surface area contributed by atoms with E-state index in [0.717, 1.165) is 23.8 Å². The molecule has 3 rings (SSSR count). The minimum Gasteiger partial charge on any atom is -0.369 e. The normalized spacial score (nSPS) is 10.7. The second-order valence-electron chi connectivity index (χ2n) is 4.72. The van der Waals surface area contributed by atoms with E-state index in [2.05, 4.69) is 57.7 Å². The van der Waals surface area contributed by atoms with Crippen molar-refractivity contribution >= 4 is 28.4 Å². The highest BCUT2D eigenvalue weighted by molar-refractivity contribution is 7.98. The third-order valence-corrected chi connectivity index (χ3v) is 4.20.